The second-order valence-electron chi connectivity index (χ2n) is 33.5. The number of aryl methyl sites for hydroxylation is 7. The maximum Gasteiger partial charge on any atom is 0.416 e. The number of nitrogens with zero attached hydrogens (tertiary/aromatic N) is 19. The van der Waals surface area contributed by atoms with E-state index >= 15 is 0 Å². The average molecular weight is 1770 g/mol. The van der Waals surface area contributed by atoms with Crippen molar-refractivity contribution in [3.05, 3.63) is 206 Å². The zero-order valence-electron chi connectivity index (χ0n) is 72.7. The molecule has 6 saturated heterocycles. The molecule has 128 heavy (non-hydrogen) atoms. The Labute approximate surface area is 731 Å². The highest BCUT2D eigenvalue weighted by Gasteiger charge is 2.46. The van der Waals surface area contributed by atoms with Gasteiger partial charge in [-0.15, -0.1) is 0 Å². The molecule has 0 radical (unpaired) electrons. The van der Waals surface area contributed by atoms with Gasteiger partial charge in [0.15, 0.2) is 0 Å². The van der Waals surface area contributed by atoms with Crippen molar-refractivity contribution in [3.8, 4) is 73.3 Å². The predicted molar refractivity (Wildman–Crippen MR) is 454 cm³/mol. The second-order valence-corrected chi connectivity index (χ2v) is 33.5. The molecule has 8 aromatic heterocycles. The van der Waals surface area contributed by atoms with Crippen molar-refractivity contribution in [1.29, 1.82) is 0 Å². The van der Waals surface area contributed by atoms with Crippen LogP contribution in [0.15, 0.2) is 122 Å². The quantitative estimate of drug-likeness (QED) is 0.0477. The summed E-state index contributed by atoms with van der Waals surface area (Å²) in [5, 5.41) is 8.75. The summed E-state index contributed by atoms with van der Waals surface area (Å²) in [6.07, 6.45) is -0.102. The molecule has 3 aromatic carbocycles. The Morgan fingerprint density at radius 1 is 0.414 bits per heavy atom. The summed E-state index contributed by atoms with van der Waals surface area (Å²) in [5.74, 6) is 2.60. The minimum Gasteiger partial charge on any atom is -0.481 e. The molecule has 28 nitrogen and oxygen atoms in total. The molecule has 1 aliphatic carbocycles. The number of carbonyl (C=O) groups excluding carboxylic acids is 3. The third kappa shape index (κ3) is 18.1. The number of cyclic esters (lactones) is 3. The number of ether oxygens (including phenoxy) is 6. The summed E-state index contributed by atoms with van der Waals surface area (Å²) in [6, 6.07) is 17.9. The molecule has 0 spiro atoms. The number of halogens is 9. The molecule has 0 bridgehead atoms. The summed E-state index contributed by atoms with van der Waals surface area (Å²) in [7, 11) is 8.22. The number of methoxy groups -OCH3 is 3. The van der Waals surface area contributed by atoms with E-state index in [1.807, 2.05) is 66.2 Å². The number of hydrogen-bond acceptors (Lipinski definition) is 23. The number of anilines is 3. The van der Waals surface area contributed by atoms with Gasteiger partial charge in [0.1, 0.15) is 36.8 Å². The number of carbonyl (C=O) groups is 3. The number of hydrogen-bond donors (Lipinski definition) is 0. The molecule has 1 saturated carbocycles. The third-order valence-corrected chi connectivity index (χ3v) is 24.1. The van der Waals surface area contributed by atoms with E-state index in [0.717, 1.165) is 104 Å². The van der Waals surface area contributed by atoms with Crippen molar-refractivity contribution in [3.63, 3.8) is 0 Å². The Hall–Kier alpha value is -13.3. The molecule has 14 heterocycles. The van der Waals surface area contributed by atoms with Crippen LogP contribution in [-0.4, -0.2) is 195 Å². The van der Waals surface area contributed by atoms with Crippen LogP contribution < -0.4 is 28.9 Å². The first-order chi connectivity index (χ1) is 60.9. The SMILES string of the molecule is COc1ncc(-c2c(C)nn(C)c2C)cc1-c1cnc(N2CC(F)C2)nc1CN1C(=O)O[C@H](c2cc(C)cc(C(F)(F)F)c2)[C@@H]1C.COc1ncc(-c2cnn(C)c2)cc1-c1cnc(N2CC(F)C2)nc1CN1C(=O)O[C@H](c2cc(C)cc(C(F)(F)F)c2)[C@@H]1C.COc1ncc(C2CC2)cc1-c1cnc(N2CC(F)C2)nc1CN1C(=O)O[C@H](c2cc(C)cc(C)c2)[C@@H]1C. The fourth-order valence-corrected chi connectivity index (χ4v) is 17.0. The van der Waals surface area contributed by atoms with E-state index in [1.54, 1.807) is 120 Å². The van der Waals surface area contributed by atoms with Gasteiger partial charge in [-0.3, -0.25) is 24.1 Å². The maximum absolute atomic E-state index is 13.8. The molecule has 7 fully saturated rings. The molecule has 3 amide bonds. The number of benzene rings is 3. The zero-order chi connectivity index (χ0) is 91.0. The van der Waals surface area contributed by atoms with Gasteiger partial charge >= 0.3 is 30.6 Å². The lowest BCUT2D eigenvalue weighted by molar-refractivity contribution is -0.138. The van der Waals surface area contributed by atoms with Gasteiger partial charge in [-0.2, -0.15) is 36.5 Å². The lowest BCUT2D eigenvalue weighted by Gasteiger charge is -2.34. The van der Waals surface area contributed by atoms with Gasteiger partial charge < -0.3 is 43.1 Å². The lowest BCUT2D eigenvalue weighted by Crippen LogP contribution is -2.49. The summed E-state index contributed by atoms with van der Waals surface area (Å²) < 4.78 is 160. The highest BCUT2D eigenvalue weighted by molar-refractivity contribution is 5.81. The van der Waals surface area contributed by atoms with Crippen LogP contribution in [0.3, 0.4) is 0 Å². The van der Waals surface area contributed by atoms with E-state index in [9.17, 15) is 53.9 Å². The molecule has 6 atom stereocenters. The molecular weight excluding hydrogens is 1670 g/mol. The first kappa shape index (κ1) is 88.2. The van der Waals surface area contributed by atoms with Gasteiger partial charge in [0.2, 0.25) is 35.5 Å². The molecule has 0 N–H and O–H groups in total. The smallest absolute Gasteiger partial charge is 0.416 e. The summed E-state index contributed by atoms with van der Waals surface area (Å²) in [6.45, 7) is 17.6. The minimum absolute atomic E-state index is 0.0630. The number of alkyl halides is 9. The van der Waals surface area contributed by atoms with Crippen LogP contribution in [0.4, 0.5) is 71.7 Å². The van der Waals surface area contributed by atoms with Gasteiger partial charge in [0.05, 0.1) is 138 Å². The van der Waals surface area contributed by atoms with Crippen molar-refractivity contribution < 1.29 is 82.3 Å². The molecular formula is C91H94F9N19O9. The normalized spacial score (nSPS) is 19.5. The van der Waals surface area contributed by atoms with Crippen LogP contribution in [-0.2, 0) is 60.3 Å². The number of pyridine rings is 3. The molecule has 670 valence electrons. The van der Waals surface area contributed by atoms with E-state index in [0.29, 0.717) is 86.0 Å². The van der Waals surface area contributed by atoms with E-state index in [-0.39, 0.29) is 88.1 Å². The van der Waals surface area contributed by atoms with Gasteiger partial charge in [0, 0.05) is 119 Å². The van der Waals surface area contributed by atoms with Crippen molar-refractivity contribution in [2.45, 2.75) is 168 Å². The van der Waals surface area contributed by atoms with E-state index in [1.165, 1.54) is 24.0 Å². The topological polar surface area (TPSA) is 278 Å². The van der Waals surface area contributed by atoms with Crippen LogP contribution in [0.5, 0.6) is 17.6 Å². The van der Waals surface area contributed by atoms with Crippen LogP contribution in [0.2, 0.25) is 0 Å². The first-order valence-corrected chi connectivity index (χ1v) is 41.7. The summed E-state index contributed by atoms with van der Waals surface area (Å²) in [4.78, 5) is 90.8. The van der Waals surface area contributed by atoms with Crippen LogP contribution >= 0.6 is 0 Å². The van der Waals surface area contributed by atoms with E-state index in [4.69, 9.17) is 43.4 Å². The van der Waals surface area contributed by atoms with Crippen LogP contribution in [0.25, 0.3) is 55.6 Å². The monoisotopic (exact) mass is 1770 g/mol. The highest BCUT2D eigenvalue weighted by Crippen LogP contribution is 2.47. The number of aromatic nitrogens is 13. The summed E-state index contributed by atoms with van der Waals surface area (Å²) in [5.41, 5.74) is 14.2. The van der Waals surface area contributed by atoms with Crippen LogP contribution in [0.1, 0.15) is 142 Å². The number of amides is 3. The standard InChI is InChI=1S/C32H33F4N7O3.C30H29F4N7O3.C29H32FN5O3/c1-16-7-20(9-22(8-16)32(34,35)36)28-19(4)43(31(44)46-28)15-26-25(12-38-30(39-26)42-13-23(33)14-42)24-10-21(11-37-29(24)45-6)27-17(2)40-41(5)18(27)3;1-16-5-18(7-21(6-16)30(32,33)34)26-17(2)41(29(42)44-26)15-25-24(11-36-28(38-25)40-13-22(31)14-40)23-8-19(9-35-27(23)43-4)20-10-37-39(3)12-20;1-16-7-17(2)9-20(8-16)26-18(3)35(29(36)38-26)15-25-24(12-32-28(33-25)34-13-22(30)14-34)23-10-21(19-5-6-19)11-31-27(23)37-4/h7-12,19,23,28H,13-15H2,1-6H3;5-12,17,22,26H,13-15H2,1-4H3;7-12,18-19,22,26H,5-6,13-15H2,1-4H3/t19-,28-;17-,26-;18-,26-/m000/s1. The van der Waals surface area contributed by atoms with Gasteiger partial charge in [-0.25, -0.2) is 72.4 Å². The lowest BCUT2D eigenvalue weighted by atomic mass is 9.97. The fraction of sp³-hybridized carbons (Fsp3) is 0.407. The molecule has 0 unspecified atom stereocenters. The predicted octanol–water partition coefficient (Wildman–Crippen LogP) is 16.9. The maximum atomic E-state index is 13.8. The Morgan fingerprint density at radius 3 is 1.12 bits per heavy atom. The molecule has 11 aromatic rings. The molecule has 7 aliphatic rings. The third-order valence-electron chi connectivity index (χ3n) is 24.1. The van der Waals surface area contributed by atoms with Gasteiger partial charge in [0.25, 0.3) is 0 Å². The van der Waals surface area contributed by atoms with E-state index in [2.05, 4.69) is 64.4 Å². The molecule has 37 heteroatoms. The first-order valence-electron chi connectivity index (χ1n) is 41.7. The Bertz CT molecular complexity index is 6050. The number of rotatable bonds is 21. The van der Waals surface area contributed by atoms with Crippen molar-refractivity contribution in [2.75, 3.05) is 75.3 Å². The Kier molecular flexibility index (Phi) is 24.2. The minimum atomic E-state index is -4.55. The Morgan fingerprint density at radius 2 is 0.773 bits per heavy atom. The van der Waals surface area contributed by atoms with Crippen molar-refractivity contribution in [1.82, 2.24) is 79.1 Å². The van der Waals surface area contributed by atoms with Crippen LogP contribution in [0, 0.1) is 41.5 Å². The van der Waals surface area contributed by atoms with Crippen molar-refractivity contribution in [2.24, 2.45) is 14.1 Å². The molecule has 18 rings (SSSR count). The van der Waals surface area contributed by atoms with E-state index < -0.39 is 84.6 Å². The zero-order valence-corrected chi connectivity index (χ0v) is 72.7. The Balaban J connectivity index is 0.000000142. The largest absolute Gasteiger partial charge is 0.481 e. The van der Waals surface area contributed by atoms with Crippen molar-refractivity contribution >= 4 is 36.1 Å². The highest BCUT2D eigenvalue weighted by atomic mass is 19.4. The van der Waals surface area contributed by atoms with Gasteiger partial charge in [-0.05, 0) is 146 Å². The average Bonchev–Trinajstić information content (AvgIpc) is 1.60. The summed E-state index contributed by atoms with van der Waals surface area (Å²) >= 11 is 0. The second kappa shape index (κ2) is 35.2. The molecule has 6 aliphatic heterocycles. The van der Waals surface area contributed by atoms with Gasteiger partial charge in [-0.1, -0.05) is 52.6 Å². The fourth-order valence-electron chi connectivity index (χ4n) is 17.0.